The normalized spacial score (nSPS) is 22.9. The van der Waals surface area contributed by atoms with Gasteiger partial charge in [0.15, 0.2) is 5.82 Å². The Morgan fingerprint density at radius 3 is 2.70 bits per heavy atom. The van der Waals surface area contributed by atoms with Crippen molar-refractivity contribution in [2.45, 2.75) is 39.6 Å². The van der Waals surface area contributed by atoms with Gasteiger partial charge in [-0.25, -0.2) is 15.8 Å². The summed E-state index contributed by atoms with van der Waals surface area (Å²) in [5.41, 5.74) is 2.58. The maximum Gasteiger partial charge on any atom is 0.158 e. The highest BCUT2D eigenvalue weighted by Gasteiger charge is 2.24. The molecule has 0 saturated carbocycles. The van der Waals surface area contributed by atoms with Crippen LogP contribution in [0.2, 0.25) is 0 Å². The molecule has 1 saturated heterocycles. The van der Waals surface area contributed by atoms with E-state index in [1.165, 1.54) is 0 Å². The highest BCUT2D eigenvalue weighted by Crippen LogP contribution is 2.20. The first kappa shape index (κ1) is 15.0. The minimum Gasteiger partial charge on any atom is -0.374 e. The average Bonchev–Trinajstić information content (AvgIpc) is 2.43. The van der Waals surface area contributed by atoms with Gasteiger partial charge < -0.3 is 19.8 Å². The van der Waals surface area contributed by atoms with Crippen molar-refractivity contribution in [1.82, 2.24) is 9.97 Å². The molecule has 1 aromatic heterocycles. The molecule has 2 rings (SSSR count). The van der Waals surface area contributed by atoms with Gasteiger partial charge in [0.25, 0.3) is 0 Å². The monoisotopic (exact) mass is 281 g/mol. The van der Waals surface area contributed by atoms with Gasteiger partial charge in [-0.3, -0.25) is 0 Å². The van der Waals surface area contributed by atoms with Gasteiger partial charge in [-0.05, 0) is 20.8 Å². The van der Waals surface area contributed by atoms with E-state index >= 15 is 0 Å². The average molecular weight is 281 g/mol. The molecule has 1 aliphatic heterocycles. The van der Waals surface area contributed by atoms with Crippen LogP contribution in [0.4, 0.5) is 11.6 Å². The van der Waals surface area contributed by atoms with Gasteiger partial charge in [-0.15, -0.1) is 0 Å². The molecule has 112 valence electrons. The Labute approximate surface area is 119 Å². The first-order valence-electron chi connectivity index (χ1n) is 6.95. The summed E-state index contributed by atoms with van der Waals surface area (Å²) in [6, 6.07) is 1.85. The van der Waals surface area contributed by atoms with Crippen molar-refractivity contribution in [3.63, 3.8) is 0 Å². The van der Waals surface area contributed by atoms with Gasteiger partial charge >= 0.3 is 0 Å². The molecule has 0 radical (unpaired) electrons. The van der Waals surface area contributed by atoms with E-state index in [1.54, 1.807) is 0 Å². The van der Waals surface area contributed by atoms with E-state index in [4.69, 9.17) is 15.3 Å². The molecule has 2 unspecified atom stereocenters. The Morgan fingerprint density at radius 1 is 1.40 bits per heavy atom. The molecule has 3 N–H and O–H groups in total. The van der Waals surface area contributed by atoms with E-state index in [1.807, 2.05) is 13.0 Å². The van der Waals surface area contributed by atoms with E-state index in [9.17, 15) is 0 Å². The Morgan fingerprint density at radius 2 is 2.10 bits per heavy atom. The summed E-state index contributed by atoms with van der Waals surface area (Å²) < 4.78 is 11.1. The molecule has 1 aromatic rings. The minimum absolute atomic E-state index is 0.179. The van der Waals surface area contributed by atoms with Crippen LogP contribution in [0.15, 0.2) is 6.07 Å². The van der Waals surface area contributed by atoms with Crippen LogP contribution in [0.1, 0.15) is 26.6 Å². The molecule has 1 aliphatic rings. The number of nitrogen functional groups attached to an aromatic ring is 1. The molecule has 0 aliphatic carbocycles. The first-order valence-corrected chi connectivity index (χ1v) is 6.95. The Kier molecular flexibility index (Phi) is 5.11. The third-order valence-electron chi connectivity index (χ3n) is 3.09. The maximum absolute atomic E-state index is 5.74. The molecule has 1 fully saturated rings. The number of hydrogen-bond donors (Lipinski definition) is 2. The Hall–Kier alpha value is -1.44. The lowest BCUT2D eigenvalue weighted by atomic mass is 10.2. The summed E-state index contributed by atoms with van der Waals surface area (Å²) in [5, 5.41) is 0. The number of anilines is 2. The quantitative estimate of drug-likeness (QED) is 0.613. The number of nitrogens with one attached hydrogen (secondary N) is 1. The summed E-state index contributed by atoms with van der Waals surface area (Å²) in [7, 11) is 0. The summed E-state index contributed by atoms with van der Waals surface area (Å²) in [4.78, 5) is 11.0. The highest BCUT2D eigenvalue weighted by molar-refractivity contribution is 5.49. The summed E-state index contributed by atoms with van der Waals surface area (Å²) in [5.74, 6) is 7.55. The largest absolute Gasteiger partial charge is 0.374 e. The zero-order valence-corrected chi connectivity index (χ0v) is 12.3. The van der Waals surface area contributed by atoms with Crippen molar-refractivity contribution >= 4 is 11.6 Å². The standard InChI is InChI=1S/C13H23N5O2/c1-4-19-8-12-15-11(17-14)5-13(16-12)18-6-9(2)20-10(3)7-18/h5,9-10H,4,6-8,14H2,1-3H3,(H,15,16,17). The van der Waals surface area contributed by atoms with Crippen molar-refractivity contribution in [3.8, 4) is 0 Å². The van der Waals surface area contributed by atoms with Crippen molar-refractivity contribution in [1.29, 1.82) is 0 Å². The molecule has 2 heterocycles. The van der Waals surface area contributed by atoms with Crippen LogP contribution in [0.5, 0.6) is 0 Å². The molecule has 20 heavy (non-hydrogen) atoms. The number of hydrogen-bond acceptors (Lipinski definition) is 7. The van der Waals surface area contributed by atoms with Crippen LogP contribution < -0.4 is 16.2 Å². The lowest BCUT2D eigenvalue weighted by Crippen LogP contribution is -2.46. The van der Waals surface area contributed by atoms with Crippen LogP contribution in [0, 0.1) is 0 Å². The Bertz CT molecular complexity index is 433. The van der Waals surface area contributed by atoms with E-state index in [0.717, 1.165) is 18.9 Å². The number of morpholine rings is 1. The second kappa shape index (κ2) is 6.83. The lowest BCUT2D eigenvalue weighted by molar-refractivity contribution is -0.00549. The van der Waals surface area contributed by atoms with Gasteiger partial charge in [0.2, 0.25) is 0 Å². The summed E-state index contributed by atoms with van der Waals surface area (Å²) in [6.45, 7) is 8.69. The smallest absolute Gasteiger partial charge is 0.158 e. The molecular formula is C13H23N5O2. The molecule has 0 spiro atoms. The van der Waals surface area contributed by atoms with Gasteiger partial charge in [0.1, 0.15) is 18.2 Å². The van der Waals surface area contributed by atoms with Crippen molar-refractivity contribution in [2.24, 2.45) is 5.84 Å². The van der Waals surface area contributed by atoms with E-state index in [-0.39, 0.29) is 12.2 Å². The van der Waals surface area contributed by atoms with Crippen molar-refractivity contribution < 1.29 is 9.47 Å². The lowest BCUT2D eigenvalue weighted by Gasteiger charge is -2.36. The van der Waals surface area contributed by atoms with E-state index in [2.05, 4.69) is 34.1 Å². The third-order valence-corrected chi connectivity index (χ3v) is 3.09. The van der Waals surface area contributed by atoms with Crippen LogP contribution in [-0.4, -0.2) is 41.9 Å². The van der Waals surface area contributed by atoms with Crippen molar-refractivity contribution in [2.75, 3.05) is 30.0 Å². The van der Waals surface area contributed by atoms with Crippen LogP contribution in [0.25, 0.3) is 0 Å². The van der Waals surface area contributed by atoms with Crippen LogP contribution in [0.3, 0.4) is 0 Å². The number of nitrogens with zero attached hydrogens (tertiary/aromatic N) is 3. The second-order valence-electron chi connectivity index (χ2n) is 4.97. The molecular weight excluding hydrogens is 258 g/mol. The molecule has 2 atom stereocenters. The SMILES string of the molecule is CCOCc1nc(NN)cc(N2CC(C)OC(C)C2)n1. The maximum atomic E-state index is 5.74. The summed E-state index contributed by atoms with van der Waals surface area (Å²) >= 11 is 0. The molecule has 0 aromatic carbocycles. The number of hydrazine groups is 1. The van der Waals surface area contributed by atoms with Gasteiger partial charge in [0.05, 0.1) is 12.2 Å². The number of aromatic nitrogens is 2. The van der Waals surface area contributed by atoms with E-state index < -0.39 is 0 Å². The number of ether oxygens (including phenoxy) is 2. The highest BCUT2D eigenvalue weighted by atomic mass is 16.5. The molecule has 7 heteroatoms. The predicted molar refractivity (Wildman–Crippen MR) is 77.4 cm³/mol. The zero-order valence-electron chi connectivity index (χ0n) is 12.3. The van der Waals surface area contributed by atoms with Crippen molar-refractivity contribution in [3.05, 3.63) is 11.9 Å². The summed E-state index contributed by atoms with van der Waals surface area (Å²) in [6.07, 6.45) is 0.358. The fraction of sp³-hybridized carbons (Fsp3) is 0.692. The molecule has 7 nitrogen and oxygen atoms in total. The fourth-order valence-electron chi connectivity index (χ4n) is 2.34. The van der Waals surface area contributed by atoms with Gasteiger partial charge in [-0.2, -0.15) is 0 Å². The Balaban J connectivity index is 2.20. The zero-order chi connectivity index (χ0) is 14.5. The fourth-order valence-corrected chi connectivity index (χ4v) is 2.34. The minimum atomic E-state index is 0.179. The topological polar surface area (TPSA) is 85.5 Å². The number of nitrogens with two attached hydrogens (primary N) is 1. The van der Waals surface area contributed by atoms with Gasteiger partial charge in [0, 0.05) is 25.8 Å². The molecule has 0 bridgehead atoms. The third kappa shape index (κ3) is 3.78. The van der Waals surface area contributed by atoms with Crippen LogP contribution >= 0.6 is 0 Å². The molecule has 0 amide bonds. The number of rotatable bonds is 5. The van der Waals surface area contributed by atoms with Gasteiger partial charge in [-0.1, -0.05) is 0 Å². The second-order valence-corrected chi connectivity index (χ2v) is 4.97. The first-order chi connectivity index (χ1) is 9.62. The van der Waals surface area contributed by atoms with E-state index in [0.29, 0.717) is 24.9 Å². The van der Waals surface area contributed by atoms with Crippen LogP contribution in [-0.2, 0) is 16.1 Å². The predicted octanol–water partition coefficient (Wildman–Crippen LogP) is 0.912.